The van der Waals surface area contributed by atoms with Gasteiger partial charge in [-0.15, -0.1) is 0 Å². The zero-order valence-corrected chi connectivity index (χ0v) is 15.9. The summed E-state index contributed by atoms with van der Waals surface area (Å²) in [6.07, 6.45) is -3.69. The quantitative estimate of drug-likeness (QED) is 0.539. The Balaban J connectivity index is 2.03. The molecule has 1 aliphatic rings. The van der Waals surface area contributed by atoms with Gasteiger partial charge in [0.25, 0.3) is 0 Å². The van der Waals surface area contributed by atoms with Crippen LogP contribution in [0.25, 0.3) is 0 Å². The summed E-state index contributed by atoms with van der Waals surface area (Å²) < 4.78 is 49.1. The van der Waals surface area contributed by atoms with E-state index in [4.69, 9.17) is 9.47 Å². The summed E-state index contributed by atoms with van der Waals surface area (Å²) in [5, 5.41) is 11.1. The maximum atomic E-state index is 12.8. The van der Waals surface area contributed by atoms with Gasteiger partial charge in [-0.3, -0.25) is 10.1 Å². The molecule has 0 radical (unpaired) electrons. The molecule has 1 aromatic carbocycles. The fourth-order valence-electron chi connectivity index (χ4n) is 2.86. The molecule has 0 bridgehead atoms. The molecule has 7 nitrogen and oxygen atoms in total. The molecule has 28 heavy (non-hydrogen) atoms. The largest absolute Gasteiger partial charge is 0.486 e. The molecule has 2 rings (SSSR count). The predicted octanol–water partition coefficient (Wildman–Crippen LogP) is 4.64. The number of carbonyl (C=O) groups is 1. The number of alkyl halides is 3. The maximum absolute atomic E-state index is 12.8. The zero-order valence-electron chi connectivity index (χ0n) is 15.9. The normalized spacial score (nSPS) is 17.9. The number of nitro benzene ring substituents is 1. The van der Waals surface area contributed by atoms with Crippen molar-refractivity contribution in [3.8, 4) is 5.75 Å². The van der Waals surface area contributed by atoms with E-state index in [1.54, 1.807) is 25.7 Å². The van der Waals surface area contributed by atoms with Crippen LogP contribution in [0.5, 0.6) is 5.75 Å². The average Bonchev–Trinajstić information content (AvgIpc) is 2.57. The Bertz CT molecular complexity index is 731. The number of benzene rings is 1. The molecule has 0 spiro atoms. The van der Waals surface area contributed by atoms with Gasteiger partial charge in [0.15, 0.2) is 5.75 Å². The lowest BCUT2D eigenvalue weighted by atomic mass is 9.99. The minimum atomic E-state index is -4.68. The van der Waals surface area contributed by atoms with Crippen molar-refractivity contribution in [1.29, 1.82) is 0 Å². The van der Waals surface area contributed by atoms with Crippen LogP contribution >= 0.6 is 0 Å². The lowest BCUT2D eigenvalue weighted by molar-refractivity contribution is -0.386. The molecular weight excluding hydrogens is 381 g/mol. The summed E-state index contributed by atoms with van der Waals surface area (Å²) in [7, 11) is 0. The van der Waals surface area contributed by atoms with Crippen molar-refractivity contribution in [2.75, 3.05) is 19.7 Å². The van der Waals surface area contributed by atoms with Crippen LogP contribution in [-0.4, -0.2) is 41.2 Å². The van der Waals surface area contributed by atoms with Gasteiger partial charge in [0.1, 0.15) is 5.60 Å². The van der Waals surface area contributed by atoms with Crippen LogP contribution in [0.2, 0.25) is 0 Å². The van der Waals surface area contributed by atoms with Crippen LogP contribution in [-0.2, 0) is 10.9 Å². The Morgan fingerprint density at radius 1 is 1.32 bits per heavy atom. The van der Waals surface area contributed by atoms with Crippen molar-refractivity contribution in [3.05, 3.63) is 33.9 Å². The number of likely N-dealkylation sites (tertiary alicyclic amines) is 1. The average molecular weight is 404 g/mol. The number of rotatable bonds is 4. The van der Waals surface area contributed by atoms with Gasteiger partial charge in [-0.2, -0.15) is 13.2 Å². The number of nitrogens with zero attached hydrogens (tertiary/aromatic N) is 2. The molecule has 1 aromatic rings. The Labute approximate surface area is 160 Å². The Hall–Kier alpha value is -2.52. The Morgan fingerprint density at radius 3 is 2.57 bits per heavy atom. The highest BCUT2D eigenvalue weighted by Gasteiger charge is 2.34. The summed E-state index contributed by atoms with van der Waals surface area (Å²) in [6, 6.07) is 2.16. The third kappa shape index (κ3) is 6.00. The lowest BCUT2D eigenvalue weighted by Gasteiger charge is -2.34. The third-order valence-electron chi connectivity index (χ3n) is 4.13. The monoisotopic (exact) mass is 404 g/mol. The highest BCUT2D eigenvalue weighted by atomic mass is 19.4. The van der Waals surface area contributed by atoms with Crippen LogP contribution < -0.4 is 4.74 Å². The molecule has 156 valence electrons. The van der Waals surface area contributed by atoms with Gasteiger partial charge in [0.05, 0.1) is 17.1 Å². The topological polar surface area (TPSA) is 81.9 Å². The maximum Gasteiger partial charge on any atom is 0.416 e. The van der Waals surface area contributed by atoms with Crippen molar-refractivity contribution in [2.24, 2.45) is 5.92 Å². The summed E-state index contributed by atoms with van der Waals surface area (Å²) in [5.74, 6) is -0.337. The van der Waals surface area contributed by atoms with Crippen LogP contribution in [0, 0.1) is 16.0 Å². The van der Waals surface area contributed by atoms with E-state index in [2.05, 4.69) is 0 Å². The molecule has 1 amide bonds. The zero-order chi connectivity index (χ0) is 21.1. The number of hydrogen-bond donors (Lipinski definition) is 0. The van der Waals surface area contributed by atoms with E-state index in [-0.39, 0.29) is 18.3 Å². The van der Waals surface area contributed by atoms with E-state index < -0.39 is 34.0 Å². The SMILES string of the molecule is CC(C)(C)OC(=O)N1CCCC(COc2ccc(C(F)(F)F)cc2[N+](=O)[O-])C1. The van der Waals surface area contributed by atoms with E-state index in [9.17, 15) is 28.1 Å². The third-order valence-corrected chi connectivity index (χ3v) is 4.13. The van der Waals surface area contributed by atoms with Crippen molar-refractivity contribution >= 4 is 11.8 Å². The van der Waals surface area contributed by atoms with Gasteiger partial charge in [0.2, 0.25) is 0 Å². The number of amides is 1. The number of nitro groups is 1. The highest BCUT2D eigenvalue weighted by molar-refractivity contribution is 5.68. The first-order valence-electron chi connectivity index (χ1n) is 8.83. The fourth-order valence-corrected chi connectivity index (χ4v) is 2.86. The van der Waals surface area contributed by atoms with Gasteiger partial charge in [-0.1, -0.05) is 0 Å². The molecule has 1 saturated heterocycles. The summed E-state index contributed by atoms with van der Waals surface area (Å²) >= 11 is 0. The molecule has 1 atom stereocenters. The standard InChI is InChI=1S/C18H23F3N2O5/c1-17(2,3)28-16(24)22-8-4-5-12(10-22)11-27-15-7-6-13(18(19,20)21)9-14(15)23(25)26/h6-7,9,12H,4-5,8,10-11H2,1-3H3. The van der Waals surface area contributed by atoms with Crippen molar-refractivity contribution in [3.63, 3.8) is 0 Å². The second-order valence-electron chi connectivity index (χ2n) is 7.68. The predicted molar refractivity (Wildman–Crippen MR) is 94.1 cm³/mol. The number of carbonyl (C=O) groups excluding carboxylic acids is 1. The fraction of sp³-hybridized carbons (Fsp3) is 0.611. The molecule has 0 N–H and O–H groups in total. The first kappa shape index (κ1) is 21.8. The van der Waals surface area contributed by atoms with E-state index in [1.165, 1.54) is 0 Å². The van der Waals surface area contributed by atoms with Crippen molar-refractivity contribution in [2.45, 2.75) is 45.4 Å². The molecule has 0 saturated carbocycles. The highest BCUT2D eigenvalue weighted by Crippen LogP contribution is 2.36. The van der Waals surface area contributed by atoms with Crippen molar-refractivity contribution < 1.29 is 32.4 Å². The van der Waals surface area contributed by atoms with E-state index in [1.807, 2.05) is 0 Å². The minimum absolute atomic E-state index is 0.0471. The van der Waals surface area contributed by atoms with Gasteiger partial charge in [-0.25, -0.2) is 4.79 Å². The van der Waals surface area contributed by atoms with E-state index in [0.29, 0.717) is 25.6 Å². The van der Waals surface area contributed by atoms with E-state index in [0.717, 1.165) is 18.6 Å². The van der Waals surface area contributed by atoms with Crippen LogP contribution in [0.1, 0.15) is 39.2 Å². The van der Waals surface area contributed by atoms with Crippen LogP contribution in [0.15, 0.2) is 18.2 Å². The number of piperidine rings is 1. The second kappa shape index (κ2) is 8.24. The van der Waals surface area contributed by atoms with Crippen LogP contribution in [0.4, 0.5) is 23.7 Å². The molecule has 0 aliphatic carbocycles. The first-order valence-corrected chi connectivity index (χ1v) is 8.83. The summed E-state index contributed by atoms with van der Waals surface area (Å²) in [5.41, 5.74) is -2.48. The smallest absolute Gasteiger partial charge is 0.416 e. The van der Waals surface area contributed by atoms with E-state index >= 15 is 0 Å². The molecule has 10 heteroatoms. The van der Waals surface area contributed by atoms with Gasteiger partial charge >= 0.3 is 18.0 Å². The first-order chi connectivity index (χ1) is 12.9. The second-order valence-corrected chi connectivity index (χ2v) is 7.68. The van der Waals surface area contributed by atoms with Crippen molar-refractivity contribution in [1.82, 2.24) is 4.90 Å². The lowest BCUT2D eigenvalue weighted by Crippen LogP contribution is -2.44. The number of halogens is 3. The van der Waals surface area contributed by atoms with Gasteiger partial charge in [-0.05, 0) is 45.7 Å². The van der Waals surface area contributed by atoms with Gasteiger partial charge < -0.3 is 14.4 Å². The minimum Gasteiger partial charge on any atom is -0.486 e. The molecule has 1 fully saturated rings. The molecule has 1 heterocycles. The number of ether oxygens (including phenoxy) is 2. The molecule has 1 unspecified atom stereocenters. The number of hydrogen-bond acceptors (Lipinski definition) is 5. The summed E-state index contributed by atoms with van der Waals surface area (Å²) in [6.45, 7) is 6.22. The summed E-state index contributed by atoms with van der Waals surface area (Å²) in [4.78, 5) is 23.9. The van der Waals surface area contributed by atoms with Gasteiger partial charge in [0, 0.05) is 25.1 Å². The Kier molecular flexibility index (Phi) is 6.41. The molecule has 1 aliphatic heterocycles. The van der Waals surface area contributed by atoms with Crippen LogP contribution in [0.3, 0.4) is 0 Å². The molecular formula is C18H23F3N2O5. The molecule has 0 aromatic heterocycles. The Morgan fingerprint density at radius 2 is 2.00 bits per heavy atom.